The van der Waals surface area contributed by atoms with Crippen molar-refractivity contribution in [3.05, 3.63) is 34.9 Å². The number of carbonyl (C=O) groups excluding carboxylic acids is 1. The molecule has 0 spiro atoms. The van der Waals surface area contributed by atoms with Gasteiger partial charge in [0.1, 0.15) is 6.10 Å². The summed E-state index contributed by atoms with van der Waals surface area (Å²) < 4.78 is 5.47. The van der Waals surface area contributed by atoms with Gasteiger partial charge in [0.25, 0.3) is 0 Å². The van der Waals surface area contributed by atoms with Gasteiger partial charge in [-0.3, -0.25) is 9.69 Å². The Hall–Kier alpha value is -1.10. The van der Waals surface area contributed by atoms with Gasteiger partial charge in [-0.2, -0.15) is 0 Å². The molecule has 0 bridgehead atoms. The highest BCUT2D eigenvalue weighted by Crippen LogP contribution is 2.31. The van der Waals surface area contributed by atoms with Crippen LogP contribution in [0.3, 0.4) is 0 Å². The van der Waals surface area contributed by atoms with Crippen molar-refractivity contribution >= 4 is 17.5 Å². The van der Waals surface area contributed by atoms with E-state index in [2.05, 4.69) is 17.3 Å². The van der Waals surface area contributed by atoms with Gasteiger partial charge >= 0.3 is 0 Å². The molecule has 0 saturated carbocycles. The fourth-order valence-corrected chi connectivity index (χ4v) is 3.43. The zero-order valence-corrected chi connectivity index (χ0v) is 13.0. The average Bonchev–Trinajstić information content (AvgIpc) is 3.11. The van der Waals surface area contributed by atoms with E-state index in [9.17, 15) is 4.79 Å². The Morgan fingerprint density at radius 1 is 1.33 bits per heavy atom. The molecule has 2 aliphatic rings. The minimum absolute atomic E-state index is 0.0340. The van der Waals surface area contributed by atoms with Gasteiger partial charge in [0.15, 0.2) is 0 Å². The monoisotopic (exact) mass is 308 g/mol. The number of rotatable bonds is 3. The fraction of sp³-hybridized carbons (Fsp3) is 0.562. The van der Waals surface area contributed by atoms with Gasteiger partial charge in [-0.25, -0.2) is 0 Å². The molecule has 1 amide bonds. The second-order valence-corrected chi connectivity index (χ2v) is 6.32. The maximum Gasteiger partial charge on any atom is 0.249 e. The van der Waals surface area contributed by atoms with Gasteiger partial charge in [-0.05, 0) is 44.0 Å². The molecule has 2 fully saturated rings. The van der Waals surface area contributed by atoms with Crippen molar-refractivity contribution in [2.24, 2.45) is 0 Å². The first-order valence-electron chi connectivity index (χ1n) is 7.53. The van der Waals surface area contributed by atoms with Gasteiger partial charge < -0.3 is 10.1 Å². The lowest BCUT2D eigenvalue weighted by Gasteiger charge is -2.27. The summed E-state index contributed by atoms with van der Waals surface area (Å²) in [6.45, 7) is 1.67. The van der Waals surface area contributed by atoms with Crippen LogP contribution in [0.4, 0.5) is 0 Å². The van der Waals surface area contributed by atoms with Gasteiger partial charge in [-0.15, -0.1) is 0 Å². The van der Waals surface area contributed by atoms with Crippen LogP contribution in [0, 0.1) is 0 Å². The third kappa shape index (κ3) is 3.23. The van der Waals surface area contributed by atoms with Crippen molar-refractivity contribution in [1.29, 1.82) is 0 Å². The Morgan fingerprint density at radius 2 is 2.10 bits per heavy atom. The largest absolute Gasteiger partial charge is 0.368 e. The summed E-state index contributed by atoms with van der Waals surface area (Å²) in [7, 11) is 2.09. The highest BCUT2D eigenvalue weighted by molar-refractivity contribution is 6.30. The molecule has 1 N–H and O–H groups in total. The Bertz CT molecular complexity index is 500. The number of halogens is 1. The smallest absolute Gasteiger partial charge is 0.249 e. The number of likely N-dealkylation sites (tertiary alicyclic amines) is 1. The molecule has 3 rings (SSSR count). The molecular formula is C16H21ClN2O2. The quantitative estimate of drug-likeness (QED) is 0.932. The van der Waals surface area contributed by atoms with Crippen LogP contribution in [0.25, 0.3) is 0 Å². The zero-order valence-electron chi connectivity index (χ0n) is 12.2. The number of likely N-dealkylation sites (N-methyl/N-ethyl adjacent to an activating group) is 1. The van der Waals surface area contributed by atoms with E-state index in [1.54, 1.807) is 0 Å². The average molecular weight is 309 g/mol. The number of amides is 1. The van der Waals surface area contributed by atoms with E-state index in [4.69, 9.17) is 16.3 Å². The predicted octanol–water partition coefficient (Wildman–Crippen LogP) is 2.38. The summed E-state index contributed by atoms with van der Waals surface area (Å²) in [4.78, 5) is 14.5. The first-order valence-corrected chi connectivity index (χ1v) is 7.90. The minimum Gasteiger partial charge on any atom is -0.368 e. The van der Waals surface area contributed by atoms with E-state index < -0.39 is 0 Å². The lowest BCUT2D eigenvalue weighted by Crippen LogP contribution is -2.43. The SMILES string of the molecule is CN1CCC(NC(=O)C2CCCO2)C1c1ccc(Cl)cc1. The Labute approximate surface area is 130 Å². The number of carbonyl (C=O) groups is 1. The molecule has 0 radical (unpaired) electrons. The molecule has 2 aliphatic heterocycles. The van der Waals surface area contributed by atoms with Crippen molar-refractivity contribution in [2.75, 3.05) is 20.2 Å². The standard InChI is InChI=1S/C16H21ClN2O2/c1-19-9-8-13(18-16(20)14-3-2-10-21-14)15(19)11-4-6-12(17)7-5-11/h4-7,13-15H,2-3,8-10H2,1H3,(H,18,20). The molecule has 0 aliphatic carbocycles. The number of nitrogens with one attached hydrogen (secondary N) is 1. The van der Waals surface area contributed by atoms with E-state index in [0.717, 1.165) is 30.8 Å². The van der Waals surface area contributed by atoms with E-state index in [1.807, 2.05) is 24.3 Å². The Kier molecular flexibility index (Phi) is 4.48. The second kappa shape index (κ2) is 6.34. The van der Waals surface area contributed by atoms with Gasteiger partial charge in [0, 0.05) is 24.2 Å². The Balaban J connectivity index is 1.71. The van der Waals surface area contributed by atoms with Crippen LogP contribution in [0.15, 0.2) is 24.3 Å². The number of hydrogen-bond donors (Lipinski definition) is 1. The van der Waals surface area contributed by atoms with Crippen molar-refractivity contribution in [2.45, 2.75) is 37.5 Å². The molecule has 3 atom stereocenters. The second-order valence-electron chi connectivity index (χ2n) is 5.88. The lowest BCUT2D eigenvalue weighted by atomic mass is 10.00. The van der Waals surface area contributed by atoms with E-state index in [-0.39, 0.29) is 24.1 Å². The third-order valence-corrected chi connectivity index (χ3v) is 4.66. The molecule has 2 saturated heterocycles. The number of ether oxygens (including phenoxy) is 1. The van der Waals surface area contributed by atoms with Crippen LogP contribution in [-0.4, -0.2) is 43.2 Å². The normalized spacial score (nSPS) is 29.7. The summed E-state index contributed by atoms with van der Waals surface area (Å²) in [5, 5.41) is 3.91. The van der Waals surface area contributed by atoms with Crippen molar-refractivity contribution in [3.8, 4) is 0 Å². The summed E-state index contributed by atoms with van der Waals surface area (Å²) in [5.41, 5.74) is 1.19. The summed E-state index contributed by atoms with van der Waals surface area (Å²) in [5.74, 6) is 0.0340. The number of benzene rings is 1. The van der Waals surface area contributed by atoms with Crippen molar-refractivity contribution < 1.29 is 9.53 Å². The number of nitrogens with zero attached hydrogens (tertiary/aromatic N) is 1. The highest BCUT2D eigenvalue weighted by atomic mass is 35.5. The molecule has 3 unspecified atom stereocenters. The molecule has 0 aromatic heterocycles. The molecule has 114 valence electrons. The summed E-state index contributed by atoms with van der Waals surface area (Å²) in [6, 6.07) is 8.23. The molecule has 21 heavy (non-hydrogen) atoms. The van der Waals surface area contributed by atoms with Crippen molar-refractivity contribution in [1.82, 2.24) is 10.2 Å². The van der Waals surface area contributed by atoms with E-state index >= 15 is 0 Å². The number of hydrogen-bond acceptors (Lipinski definition) is 3. The Morgan fingerprint density at radius 3 is 2.76 bits per heavy atom. The zero-order chi connectivity index (χ0) is 14.8. The van der Waals surface area contributed by atoms with Crippen LogP contribution < -0.4 is 5.32 Å². The van der Waals surface area contributed by atoms with Crippen LogP contribution in [0.5, 0.6) is 0 Å². The minimum atomic E-state index is -0.262. The molecule has 4 nitrogen and oxygen atoms in total. The van der Waals surface area contributed by atoms with Gasteiger partial charge in [0.05, 0.1) is 6.04 Å². The fourth-order valence-electron chi connectivity index (χ4n) is 3.30. The first-order chi connectivity index (χ1) is 10.1. The van der Waals surface area contributed by atoms with Crippen LogP contribution in [-0.2, 0) is 9.53 Å². The summed E-state index contributed by atoms with van der Waals surface area (Å²) in [6.07, 6.45) is 2.51. The van der Waals surface area contributed by atoms with Crippen LogP contribution >= 0.6 is 11.6 Å². The van der Waals surface area contributed by atoms with Gasteiger partial charge in [-0.1, -0.05) is 23.7 Å². The molecule has 1 aromatic rings. The topological polar surface area (TPSA) is 41.6 Å². The van der Waals surface area contributed by atoms with E-state index in [1.165, 1.54) is 5.56 Å². The lowest BCUT2D eigenvalue weighted by molar-refractivity contribution is -0.130. The molecule has 5 heteroatoms. The third-order valence-electron chi connectivity index (χ3n) is 4.41. The first kappa shape index (κ1) is 14.8. The predicted molar refractivity (Wildman–Crippen MR) is 82.3 cm³/mol. The molecular weight excluding hydrogens is 288 g/mol. The maximum atomic E-state index is 12.3. The van der Waals surface area contributed by atoms with Crippen LogP contribution in [0.1, 0.15) is 30.9 Å². The van der Waals surface area contributed by atoms with E-state index in [0.29, 0.717) is 6.61 Å². The summed E-state index contributed by atoms with van der Waals surface area (Å²) >= 11 is 5.96. The maximum absolute atomic E-state index is 12.3. The van der Waals surface area contributed by atoms with Gasteiger partial charge in [0.2, 0.25) is 5.91 Å². The highest BCUT2D eigenvalue weighted by Gasteiger charge is 2.35. The molecule has 1 aromatic carbocycles. The van der Waals surface area contributed by atoms with Crippen LogP contribution in [0.2, 0.25) is 5.02 Å². The molecule has 2 heterocycles. The van der Waals surface area contributed by atoms with Crippen molar-refractivity contribution in [3.63, 3.8) is 0 Å².